The Hall–Kier alpha value is -2.45. The molecule has 0 fully saturated rings. The van der Waals surface area contributed by atoms with Crippen molar-refractivity contribution in [2.45, 2.75) is 19.3 Å². The van der Waals surface area contributed by atoms with Crippen LogP contribution in [0.4, 0.5) is 0 Å². The van der Waals surface area contributed by atoms with Crippen molar-refractivity contribution >= 4 is 33.5 Å². The molecule has 3 aromatic carbocycles. The predicted molar refractivity (Wildman–Crippen MR) is 97.4 cm³/mol. The summed E-state index contributed by atoms with van der Waals surface area (Å²) in [4.78, 5) is 0. The van der Waals surface area contributed by atoms with Crippen LogP contribution < -0.4 is 4.74 Å². The maximum Gasteiger partial charge on any atom is 0.143 e. The van der Waals surface area contributed by atoms with Gasteiger partial charge in [-0.15, -0.1) is 0 Å². The second-order valence-corrected chi connectivity index (χ2v) is 7.22. The highest BCUT2D eigenvalue weighted by molar-refractivity contribution is 6.30. The van der Waals surface area contributed by atoms with E-state index >= 15 is 0 Å². The van der Waals surface area contributed by atoms with Crippen LogP contribution in [-0.2, 0) is 5.41 Å². The predicted octanol–water partition coefficient (Wildman–Crippen LogP) is 6.67. The van der Waals surface area contributed by atoms with Crippen LogP contribution in [0.2, 0.25) is 5.02 Å². The lowest BCUT2D eigenvalue weighted by atomic mass is 9.75. The van der Waals surface area contributed by atoms with Gasteiger partial charge in [-0.1, -0.05) is 49.7 Å². The van der Waals surface area contributed by atoms with Crippen LogP contribution in [-0.4, -0.2) is 0 Å². The van der Waals surface area contributed by atoms with Crippen molar-refractivity contribution in [3.63, 3.8) is 0 Å². The molecule has 0 amide bonds. The molecule has 1 aromatic heterocycles. The van der Waals surface area contributed by atoms with Gasteiger partial charge in [-0.2, -0.15) is 0 Å². The molecule has 0 atom stereocenters. The average Bonchev–Trinajstić information content (AvgIpc) is 2.94. The van der Waals surface area contributed by atoms with E-state index < -0.39 is 0 Å². The van der Waals surface area contributed by atoms with Crippen molar-refractivity contribution in [3.05, 3.63) is 70.7 Å². The van der Waals surface area contributed by atoms with Crippen LogP contribution in [0.5, 0.6) is 11.5 Å². The molecule has 1 aliphatic heterocycles. The van der Waals surface area contributed by atoms with Gasteiger partial charge in [0.1, 0.15) is 22.7 Å². The first-order valence-electron chi connectivity index (χ1n) is 7.98. The molecule has 1 aliphatic rings. The molecule has 0 unspecified atom stereocenters. The van der Waals surface area contributed by atoms with Gasteiger partial charge in [-0.25, -0.2) is 0 Å². The molecular formula is C21H15ClO2. The zero-order chi connectivity index (χ0) is 16.5. The summed E-state index contributed by atoms with van der Waals surface area (Å²) in [5, 5.41) is 2.85. The van der Waals surface area contributed by atoms with Crippen molar-refractivity contribution in [1.29, 1.82) is 0 Å². The van der Waals surface area contributed by atoms with Crippen LogP contribution in [0.3, 0.4) is 0 Å². The fourth-order valence-electron chi connectivity index (χ4n) is 3.72. The van der Waals surface area contributed by atoms with Gasteiger partial charge in [0, 0.05) is 27.0 Å². The molecule has 0 aliphatic carbocycles. The Morgan fingerprint density at radius 3 is 2.58 bits per heavy atom. The standard InChI is InChI=1S/C21H15ClO2/c1-21(2)14-8-10-18-19(13-5-3-4-6-16(13)23-18)20(14)24-17-9-7-12(22)11-15(17)21/h3-11H,1-2H3. The maximum absolute atomic E-state index is 6.33. The molecule has 4 aromatic rings. The summed E-state index contributed by atoms with van der Waals surface area (Å²) < 4.78 is 12.3. The van der Waals surface area contributed by atoms with E-state index in [1.54, 1.807) is 0 Å². The van der Waals surface area contributed by atoms with Crippen molar-refractivity contribution in [2.24, 2.45) is 0 Å². The number of benzene rings is 3. The summed E-state index contributed by atoms with van der Waals surface area (Å²) in [5.74, 6) is 1.74. The van der Waals surface area contributed by atoms with Crippen molar-refractivity contribution < 1.29 is 9.15 Å². The van der Waals surface area contributed by atoms with E-state index in [1.165, 1.54) is 0 Å². The third-order valence-corrected chi connectivity index (χ3v) is 5.23. The number of hydrogen-bond donors (Lipinski definition) is 0. The number of halogens is 1. The van der Waals surface area contributed by atoms with Gasteiger partial charge >= 0.3 is 0 Å². The second-order valence-electron chi connectivity index (χ2n) is 6.78. The zero-order valence-corrected chi connectivity index (χ0v) is 14.1. The average molecular weight is 335 g/mol. The molecular weight excluding hydrogens is 320 g/mol. The minimum Gasteiger partial charge on any atom is -0.456 e. The molecule has 0 saturated carbocycles. The Balaban J connectivity index is 1.90. The van der Waals surface area contributed by atoms with E-state index in [1.807, 2.05) is 42.5 Å². The third kappa shape index (κ3) is 1.72. The molecule has 0 spiro atoms. The number of fused-ring (bicyclic) bond motifs is 6. The van der Waals surface area contributed by atoms with Gasteiger partial charge in [0.05, 0.1) is 5.39 Å². The first-order chi connectivity index (χ1) is 11.6. The maximum atomic E-state index is 6.33. The van der Waals surface area contributed by atoms with Crippen LogP contribution in [0.25, 0.3) is 21.9 Å². The molecule has 2 nitrogen and oxygen atoms in total. The summed E-state index contributed by atoms with van der Waals surface area (Å²) in [6.07, 6.45) is 0. The third-order valence-electron chi connectivity index (χ3n) is 5.00. The molecule has 0 radical (unpaired) electrons. The molecule has 0 N–H and O–H groups in total. The van der Waals surface area contributed by atoms with E-state index in [0.717, 1.165) is 49.6 Å². The normalized spacial score (nSPS) is 15.1. The molecule has 3 heteroatoms. The highest BCUT2D eigenvalue weighted by Gasteiger charge is 2.36. The number of furan rings is 1. The van der Waals surface area contributed by atoms with Crippen LogP contribution in [0.1, 0.15) is 25.0 Å². The zero-order valence-electron chi connectivity index (χ0n) is 13.4. The van der Waals surface area contributed by atoms with Gasteiger partial charge in [0.2, 0.25) is 0 Å². The second kappa shape index (κ2) is 4.55. The quantitative estimate of drug-likeness (QED) is 0.358. The van der Waals surface area contributed by atoms with E-state index in [0.29, 0.717) is 0 Å². The van der Waals surface area contributed by atoms with Crippen LogP contribution >= 0.6 is 11.6 Å². The summed E-state index contributed by atoms with van der Waals surface area (Å²) in [6, 6.07) is 18.0. The Morgan fingerprint density at radius 1 is 0.875 bits per heavy atom. The fraction of sp³-hybridized carbons (Fsp3) is 0.143. The Labute approximate surface area is 144 Å². The smallest absolute Gasteiger partial charge is 0.143 e. The van der Waals surface area contributed by atoms with Gasteiger partial charge in [-0.05, 0) is 30.3 Å². The van der Waals surface area contributed by atoms with Gasteiger partial charge in [0.15, 0.2) is 0 Å². The molecule has 2 heterocycles. The molecule has 118 valence electrons. The minimum absolute atomic E-state index is 0.194. The van der Waals surface area contributed by atoms with E-state index in [4.69, 9.17) is 20.8 Å². The van der Waals surface area contributed by atoms with Crippen molar-refractivity contribution in [1.82, 2.24) is 0 Å². The van der Waals surface area contributed by atoms with Gasteiger partial charge < -0.3 is 9.15 Å². The van der Waals surface area contributed by atoms with Crippen molar-refractivity contribution in [2.75, 3.05) is 0 Å². The first kappa shape index (κ1) is 13.9. The lowest BCUT2D eigenvalue weighted by molar-refractivity contribution is 0.423. The summed E-state index contributed by atoms with van der Waals surface area (Å²) in [5.41, 5.74) is 3.79. The van der Waals surface area contributed by atoms with Gasteiger partial charge in [-0.3, -0.25) is 0 Å². The summed E-state index contributed by atoms with van der Waals surface area (Å²) >= 11 is 6.22. The summed E-state index contributed by atoms with van der Waals surface area (Å²) in [7, 11) is 0. The summed E-state index contributed by atoms with van der Waals surface area (Å²) in [6.45, 7) is 4.41. The number of ether oxygens (including phenoxy) is 1. The van der Waals surface area contributed by atoms with E-state index in [9.17, 15) is 0 Å². The van der Waals surface area contributed by atoms with Crippen molar-refractivity contribution in [3.8, 4) is 11.5 Å². The van der Waals surface area contributed by atoms with E-state index in [2.05, 4.69) is 26.0 Å². The molecule has 5 rings (SSSR count). The highest BCUT2D eigenvalue weighted by atomic mass is 35.5. The lowest BCUT2D eigenvalue weighted by Crippen LogP contribution is -2.24. The number of rotatable bonds is 0. The minimum atomic E-state index is -0.194. The highest BCUT2D eigenvalue weighted by Crippen LogP contribution is 2.52. The Bertz CT molecular complexity index is 1120. The first-order valence-corrected chi connectivity index (χ1v) is 8.36. The van der Waals surface area contributed by atoms with Gasteiger partial charge in [0.25, 0.3) is 0 Å². The number of hydrogen-bond acceptors (Lipinski definition) is 2. The van der Waals surface area contributed by atoms with Crippen LogP contribution in [0, 0.1) is 0 Å². The lowest BCUT2D eigenvalue weighted by Gasteiger charge is -2.34. The largest absolute Gasteiger partial charge is 0.456 e. The van der Waals surface area contributed by atoms with E-state index in [-0.39, 0.29) is 5.41 Å². The SMILES string of the molecule is CC1(C)c2cc(Cl)ccc2Oc2c1ccc1oc3ccccc3c21. The van der Waals surface area contributed by atoms with Crippen LogP contribution in [0.15, 0.2) is 59.0 Å². The number of para-hydroxylation sites is 1. The fourth-order valence-corrected chi connectivity index (χ4v) is 3.89. The monoisotopic (exact) mass is 334 g/mol. The molecule has 24 heavy (non-hydrogen) atoms. The Morgan fingerprint density at radius 2 is 1.71 bits per heavy atom. The topological polar surface area (TPSA) is 22.4 Å². The molecule has 0 bridgehead atoms. The Kier molecular flexibility index (Phi) is 2.64. The molecule has 0 saturated heterocycles.